The number of fused-ring (bicyclic) bond motifs is 1. The molecule has 0 spiro atoms. The number of halogens is 1. The fraction of sp³-hybridized carbons (Fsp3) is 0.389. The number of imidazole rings is 1. The van der Waals surface area contributed by atoms with Gasteiger partial charge in [-0.3, -0.25) is 0 Å². The minimum Gasteiger partial charge on any atom is -0.353 e. The summed E-state index contributed by atoms with van der Waals surface area (Å²) in [7, 11) is 0. The molecule has 0 saturated carbocycles. The number of benzene rings is 1. The quantitative estimate of drug-likeness (QED) is 0.741. The predicted molar refractivity (Wildman–Crippen MR) is 91.6 cm³/mol. The third-order valence-corrected chi connectivity index (χ3v) is 4.68. The highest BCUT2D eigenvalue weighted by molar-refractivity contribution is 5.76. The summed E-state index contributed by atoms with van der Waals surface area (Å²) in [6.07, 6.45) is 5.78. The number of hydrogen-bond donors (Lipinski definition) is 0. The van der Waals surface area contributed by atoms with Gasteiger partial charge in [0, 0.05) is 19.5 Å². The van der Waals surface area contributed by atoms with Gasteiger partial charge in [0.05, 0.1) is 29.5 Å². The van der Waals surface area contributed by atoms with Crippen molar-refractivity contribution in [2.45, 2.75) is 32.2 Å². The number of rotatable bonds is 3. The first kappa shape index (κ1) is 15.1. The van der Waals surface area contributed by atoms with Crippen LogP contribution in [0.3, 0.4) is 0 Å². The van der Waals surface area contributed by atoms with Crippen LogP contribution in [0.2, 0.25) is 0 Å². The fourth-order valence-electron chi connectivity index (χ4n) is 3.59. The van der Waals surface area contributed by atoms with Gasteiger partial charge in [0.25, 0.3) is 0 Å². The standard InChI is InChI=1S/C18H20FN5/c1-2-17-22-14-7-3-4-8-15(14)24(17)13-6-5-9-23(12-13)18-11-20-16(19)10-21-18/h3-4,7-8,10-11,13H,2,5-6,9,12H2,1H3. The monoisotopic (exact) mass is 325 g/mol. The van der Waals surface area contributed by atoms with Crippen molar-refractivity contribution in [3.8, 4) is 0 Å². The van der Waals surface area contributed by atoms with Crippen LogP contribution in [-0.2, 0) is 6.42 Å². The smallest absolute Gasteiger partial charge is 0.231 e. The molecule has 1 unspecified atom stereocenters. The van der Waals surface area contributed by atoms with E-state index in [1.54, 1.807) is 0 Å². The third kappa shape index (κ3) is 2.62. The van der Waals surface area contributed by atoms with Crippen molar-refractivity contribution in [3.63, 3.8) is 0 Å². The Morgan fingerprint density at radius 2 is 2.08 bits per heavy atom. The Morgan fingerprint density at radius 1 is 1.21 bits per heavy atom. The lowest BCUT2D eigenvalue weighted by Crippen LogP contribution is -2.37. The maximum absolute atomic E-state index is 13.0. The molecule has 3 aromatic rings. The number of anilines is 1. The number of aryl methyl sites for hydroxylation is 1. The van der Waals surface area contributed by atoms with Crippen LogP contribution < -0.4 is 4.90 Å². The summed E-state index contributed by atoms with van der Waals surface area (Å²) < 4.78 is 15.4. The molecule has 3 heterocycles. The van der Waals surface area contributed by atoms with Crippen LogP contribution in [-0.4, -0.2) is 32.6 Å². The maximum Gasteiger partial charge on any atom is 0.231 e. The van der Waals surface area contributed by atoms with E-state index in [0.717, 1.165) is 49.5 Å². The van der Waals surface area contributed by atoms with E-state index < -0.39 is 5.95 Å². The Bertz CT molecular complexity index is 842. The molecular formula is C18H20FN5. The number of aromatic nitrogens is 4. The van der Waals surface area contributed by atoms with Crippen molar-refractivity contribution in [1.29, 1.82) is 0 Å². The molecule has 0 aliphatic carbocycles. The molecule has 1 saturated heterocycles. The Balaban J connectivity index is 1.68. The zero-order chi connectivity index (χ0) is 16.5. The Labute approximate surface area is 140 Å². The molecule has 0 bridgehead atoms. The number of hydrogen-bond acceptors (Lipinski definition) is 4. The molecule has 1 aromatic carbocycles. The number of nitrogens with zero attached hydrogens (tertiary/aromatic N) is 5. The van der Waals surface area contributed by atoms with Gasteiger partial charge in [-0.05, 0) is 25.0 Å². The van der Waals surface area contributed by atoms with Gasteiger partial charge in [0.2, 0.25) is 5.95 Å². The van der Waals surface area contributed by atoms with E-state index in [9.17, 15) is 4.39 Å². The van der Waals surface area contributed by atoms with Gasteiger partial charge >= 0.3 is 0 Å². The van der Waals surface area contributed by atoms with Crippen LogP contribution in [0, 0.1) is 5.95 Å². The summed E-state index contributed by atoms with van der Waals surface area (Å²) >= 11 is 0. The van der Waals surface area contributed by atoms with E-state index in [-0.39, 0.29) is 0 Å². The molecule has 2 aromatic heterocycles. The van der Waals surface area contributed by atoms with Crippen molar-refractivity contribution in [3.05, 3.63) is 48.4 Å². The lowest BCUT2D eigenvalue weighted by Gasteiger charge is -2.35. The normalized spacial score (nSPS) is 18.2. The molecule has 6 heteroatoms. The van der Waals surface area contributed by atoms with Gasteiger partial charge < -0.3 is 9.47 Å². The second-order valence-corrected chi connectivity index (χ2v) is 6.18. The fourth-order valence-corrected chi connectivity index (χ4v) is 3.59. The van der Waals surface area contributed by atoms with Crippen molar-refractivity contribution in [2.75, 3.05) is 18.0 Å². The first-order chi connectivity index (χ1) is 11.8. The minimum atomic E-state index is -0.541. The number of para-hydroxylation sites is 2. The molecule has 1 fully saturated rings. The van der Waals surface area contributed by atoms with Crippen LogP contribution in [0.15, 0.2) is 36.7 Å². The van der Waals surface area contributed by atoms with E-state index >= 15 is 0 Å². The van der Waals surface area contributed by atoms with Gasteiger partial charge in [0.1, 0.15) is 11.6 Å². The lowest BCUT2D eigenvalue weighted by molar-refractivity contribution is 0.402. The Morgan fingerprint density at radius 3 is 2.88 bits per heavy atom. The van der Waals surface area contributed by atoms with Crippen LogP contribution in [0.4, 0.5) is 10.2 Å². The number of piperidine rings is 1. The average Bonchev–Trinajstić information content (AvgIpc) is 3.01. The lowest BCUT2D eigenvalue weighted by atomic mass is 10.0. The van der Waals surface area contributed by atoms with Gasteiger partial charge in [-0.2, -0.15) is 4.39 Å². The predicted octanol–water partition coefficient (Wildman–Crippen LogP) is 3.37. The van der Waals surface area contributed by atoms with E-state index in [1.165, 1.54) is 17.9 Å². The highest BCUT2D eigenvalue weighted by atomic mass is 19.1. The molecular weight excluding hydrogens is 305 g/mol. The summed E-state index contributed by atoms with van der Waals surface area (Å²) in [4.78, 5) is 14.9. The van der Waals surface area contributed by atoms with Crippen LogP contribution in [0.5, 0.6) is 0 Å². The topological polar surface area (TPSA) is 46.8 Å². The molecule has 0 radical (unpaired) electrons. The first-order valence-corrected chi connectivity index (χ1v) is 8.44. The van der Waals surface area contributed by atoms with Gasteiger partial charge in [0.15, 0.2) is 0 Å². The van der Waals surface area contributed by atoms with Gasteiger partial charge in [-0.25, -0.2) is 15.0 Å². The second kappa shape index (κ2) is 6.19. The Hall–Kier alpha value is -2.50. The molecule has 4 rings (SSSR count). The van der Waals surface area contributed by atoms with E-state index in [2.05, 4.69) is 44.6 Å². The SMILES string of the molecule is CCc1nc2ccccc2n1C1CCCN(c2cnc(F)cn2)C1. The molecule has 1 aliphatic rings. The van der Waals surface area contributed by atoms with Gasteiger partial charge in [-0.1, -0.05) is 19.1 Å². The first-order valence-electron chi connectivity index (χ1n) is 8.44. The summed E-state index contributed by atoms with van der Waals surface area (Å²) in [5.74, 6) is 1.32. The molecule has 1 aliphatic heterocycles. The molecule has 24 heavy (non-hydrogen) atoms. The van der Waals surface area contributed by atoms with Crippen molar-refractivity contribution < 1.29 is 4.39 Å². The van der Waals surface area contributed by atoms with E-state index in [4.69, 9.17) is 4.98 Å². The van der Waals surface area contributed by atoms with Crippen LogP contribution in [0.25, 0.3) is 11.0 Å². The van der Waals surface area contributed by atoms with Crippen molar-refractivity contribution in [1.82, 2.24) is 19.5 Å². The van der Waals surface area contributed by atoms with Crippen molar-refractivity contribution >= 4 is 16.9 Å². The summed E-state index contributed by atoms with van der Waals surface area (Å²) in [5.41, 5.74) is 2.24. The summed E-state index contributed by atoms with van der Waals surface area (Å²) in [5, 5.41) is 0. The highest BCUT2D eigenvalue weighted by Crippen LogP contribution is 2.29. The molecule has 0 amide bonds. The maximum atomic E-state index is 13.0. The van der Waals surface area contributed by atoms with E-state index in [1.807, 2.05) is 6.07 Å². The van der Waals surface area contributed by atoms with Gasteiger partial charge in [-0.15, -0.1) is 0 Å². The summed E-state index contributed by atoms with van der Waals surface area (Å²) in [6, 6.07) is 8.63. The van der Waals surface area contributed by atoms with E-state index in [0.29, 0.717) is 6.04 Å². The third-order valence-electron chi connectivity index (χ3n) is 4.68. The Kier molecular flexibility index (Phi) is 3.88. The highest BCUT2D eigenvalue weighted by Gasteiger charge is 2.25. The largest absolute Gasteiger partial charge is 0.353 e. The zero-order valence-electron chi connectivity index (χ0n) is 13.7. The van der Waals surface area contributed by atoms with Crippen molar-refractivity contribution in [2.24, 2.45) is 0 Å². The molecule has 124 valence electrons. The minimum absolute atomic E-state index is 0.341. The molecule has 5 nitrogen and oxygen atoms in total. The van der Waals surface area contributed by atoms with Crippen LogP contribution >= 0.6 is 0 Å². The second-order valence-electron chi connectivity index (χ2n) is 6.18. The molecule has 0 N–H and O–H groups in total. The summed E-state index contributed by atoms with van der Waals surface area (Å²) in [6.45, 7) is 3.91. The average molecular weight is 325 g/mol. The molecule has 1 atom stereocenters. The zero-order valence-corrected chi connectivity index (χ0v) is 13.7. The van der Waals surface area contributed by atoms with Crippen LogP contribution in [0.1, 0.15) is 31.6 Å².